The number of hydrogen-bond acceptors (Lipinski definition) is 4. The third kappa shape index (κ3) is 5.27. The number of amides is 1. The molecule has 3 rings (SSSR count). The number of carbonyl (C=O) groups is 1. The van der Waals surface area contributed by atoms with E-state index in [0.717, 1.165) is 35.0 Å². The lowest BCUT2D eigenvalue weighted by Crippen LogP contribution is -2.29. The van der Waals surface area contributed by atoms with Crippen molar-refractivity contribution in [1.82, 2.24) is 9.88 Å². The van der Waals surface area contributed by atoms with E-state index in [-0.39, 0.29) is 17.7 Å². The maximum Gasteiger partial charge on any atom is 0.262 e. The van der Waals surface area contributed by atoms with Gasteiger partial charge in [-0.05, 0) is 73.5 Å². The Labute approximate surface area is 190 Å². The molecule has 3 aromatic rings. The fourth-order valence-electron chi connectivity index (χ4n) is 3.49. The summed E-state index contributed by atoms with van der Waals surface area (Å²) in [6.07, 6.45) is 0.214. The second-order valence-corrected chi connectivity index (χ2v) is 7.43. The lowest BCUT2D eigenvalue weighted by atomic mass is 10.1. The summed E-state index contributed by atoms with van der Waals surface area (Å²) in [7, 11) is 1.59. The molecule has 6 nitrogen and oxygen atoms in total. The number of hydrogen-bond donors (Lipinski definition) is 2. The molecule has 0 bridgehead atoms. The van der Waals surface area contributed by atoms with E-state index in [2.05, 4.69) is 5.32 Å². The highest BCUT2D eigenvalue weighted by Crippen LogP contribution is 2.24. The van der Waals surface area contributed by atoms with Gasteiger partial charge in [-0.15, -0.1) is 0 Å². The SMILES string of the molecule is COc1ccc(-n2c(C)cc(/C=C(\C#N)C(=O)NC[C@H](O)c3ccc(F)c(F)c3)c2C)cc1. The van der Waals surface area contributed by atoms with Crippen LogP contribution in [0.2, 0.25) is 0 Å². The number of methoxy groups -OCH3 is 1. The van der Waals surface area contributed by atoms with Crippen molar-refractivity contribution >= 4 is 12.0 Å². The summed E-state index contributed by atoms with van der Waals surface area (Å²) >= 11 is 0. The Balaban J connectivity index is 1.77. The third-order valence-electron chi connectivity index (χ3n) is 5.25. The first-order valence-electron chi connectivity index (χ1n) is 10.1. The molecule has 0 fully saturated rings. The Kier molecular flexibility index (Phi) is 7.26. The summed E-state index contributed by atoms with van der Waals surface area (Å²) in [6, 6.07) is 14.2. The van der Waals surface area contributed by atoms with E-state index in [1.165, 1.54) is 12.1 Å². The molecular formula is C25H23F2N3O3. The molecule has 8 heteroatoms. The van der Waals surface area contributed by atoms with Crippen LogP contribution in [-0.4, -0.2) is 29.2 Å². The van der Waals surface area contributed by atoms with Gasteiger partial charge in [0.2, 0.25) is 0 Å². The lowest BCUT2D eigenvalue weighted by Gasteiger charge is -2.12. The number of nitrogens with zero attached hydrogens (tertiary/aromatic N) is 2. The van der Waals surface area contributed by atoms with Crippen LogP contribution in [0.15, 0.2) is 54.1 Å². The Morgan fingerprint density at radius 3 is 2.48 bits per heavy atom. The molecule has 0 spiro atoms. The molecular weight excluding hydrogens is 428 g/mol. The molecule has 0 radical (unpaired) electrons. The topological polar surface area (TPSA) is 87.3 Å². The molecule has 0 aliphatic rings. The molecule has 2 N–H and O–H groups in total. The van der Waals surface area contributed by atoms with Gasteiger partial charge in [0.1, 0.15) is 17.4 Å². The van der Waals surface area contributed by atoms with Gasteiger partial charge in [0.15, 0.2) is 11.6 Å². The highest BCUT2D eigenvalue weighted by Gasteiger charge is 2.16. The molecule has 2 aromatic carbocycles. The van der Waals surface area contributed by atoms with Crippen LogP contribution in [0.4, 0.5) is 8.78 Å². The largest absolute Gasteiger partial charge is 0.497 e. The second kappa shape index (κ2) is 10.1. The molecule has 1 amide bonds. The number of aryl methyl sites for hydroxylation is 1. The molecule has 0 unspecified atom stereocenters. The minimum atomic E-state index is -1.26. The van der Waals surface area contributed by atoms with Crippen LogP contribution in [0, 0.1) is 36.8 Å². The lowest BCUT2D eigenvalue weighted by molar-refractivity contribution is -0.117. The van der Waals surface area contributed by atoms with Crippen molar-refractivity contribution in [3.8, 4) is 17.5 Å². The molecule has 0 aliphatic carbocycles. The number of nitriles is 1. The van der Waals surface area contributed by atoms with Crippen LogP contribution in [-0.2, 0) is 4.79 Å². The number of aliphatic hydroxyl groups is 1. The second-order valence-electron chi connectivity index (χ2n) is 7.43. The third-order valence-corrected chi connectivity index (χ3v) is 5.25. The normalized spacial score (nSPS) is 12.2. The van der Waals surface area contributed by atoms with Gasteiger partial charge in [-0.25, -0.2) is 8.78 Å². The van der Waals surface area contributed by atoms with E-state index in [1.807, 2.05) is 54.8 Å². The predicted molar refractivity (Wildman–Crippen MR) is 120 cm³/mol. The van der Waals surface area contributed by atoms with Gasteiger partial charge < -0.3 is 19.7 Å². The minimum Gasteiger partial charge on any atom is -0.497 e. The maximum absolute atomic E-state index is 13.4. The molecule has 1 heterocycles. The molecule has 1 atom stereocenters. The van der Waals surface area contributed by atoms with Crippen LogP contribution < -0.4 is 10.1 Å². The van der Waals surface area contributed by atoms with Crippen LogP contribution >= 0.6 is 0 Å². The number of aromatic nitrogens is 1. The summed E-state index contributed by atoms with van der Waals surface area (Å²) in [5.74, 6) is -2.08. The zero-order valence-electron chi connectivity index (χ0n) is 18.4. The molecule has 170 valence electrons. The average molecular weight is 451 g/mol. The highest BCUT2D eigenvalue weighted by molar-refractivity contribution is 6.01. The maximum atomic E-state index is 13.4. The van der Waals surface area contributed by atoms with E-state index in [4.69, 9.17) is 4.74 Å². The van der Waals surface area contributed by atoms with Crippen molar-refractivity contribution in [2.75, 3.05) is 13.7 Å². The number of ether oxygens (including phenoxy) is 1. The first kappa shape index (κ1) is 23.7. The first-order valence-corrected chi connectivity index (χ1v) is 10.1. The first-order chi connectivity index (χ1) is 15.7. The fraction of sp³-hybridized carbons (Fsp3) is 0.200. The van der Waals surface area contributed by atoms with Gasteiger partial charge in [0.25, 0.3) is 5.91 Å². The number of benzene rings is 2. The van der Waals surface area contributed by atoms with E-state index >= 15 is 0 Å². The number of aliphatic hydroxyl groups excluding tert-OH is 1. The monoisotopic (exact) mass is 451 g/mol. The van der Waals surface area contributed by atoms with Crippen LogP contribution in [0.25, 0.3) is 11.8 Å². The summed E-state index contributed by atoms with van der Waals surface area (Å²) in [4.78, 5) is 12.5. The molecule has 0 aliphatic heterocycles. The van der Waals surface area contributed by atoms with Gasteiger partial charge in [-0.2, -0.15) is 5.26 Å². The van der Waals surface area contributed by atoms with Gasteiger partial charge in [-0.3, -0.25) is 4.79 Å². The number of rotatable bonds is 7. The van der Waals surface area contributed by atoms with Crippen molar-refractivity contribution in [3.63, 3.8) is 0 Å². The predicted octanol–water partition coefficient (Wildman–Crippen LogP) is 4.14. The Morgan fingerprint density at radius 1 is 1.18 bits per heavy atom. The number of carbonyl (C=O) groups excluding carboxylic acids is 1. The summed E-state index contributed by atoms with van der Waals surface area (Å²) in [5.41, 5.74) is 3.30. The molecule has 1 aromatic heterocycles. The average Bonchev–Trinajstić information content (AvgIpc) is 3.09. The summed E-state index contributed by atoms with van der Waals surface area (Å²) in [6.45, 7) is 3.52. The zero-order chi connectivity index (χ0) is 24.1. The van der Waals surface area contributed by atoms with Gasteiger partial charge in [-0.1, -0.05) is 6.07 Å². The fourth-order valence-corrected chi connectivity index (χ4v) is 3.49. The zero-order valence-corrected chi connectivity index (χ0v) is 18.4. The van der Waals surface area contributed by atoms with Crippen molar-refractivity contribution in [3.05, 3.63) is 88.3 Å². The Hall–Kier alpha value is -3.96. The summed E-state index contributed by atoms with van der Waals surface area (Å²) < 4.78 is 33.6. The van der Waals surface area contributed by atoms with E-state index in [9.17, 15) is 23.9 Å². The minimum absolute atomic E-state index is 0.111. The van der Waals surface area contributed by atoms with Gasteiger partial charge in [0.05, 0.1) is 13.2 Å². The summed E-state index contributed by atoms with van der Waals surface area (Å²) in [5, 5.41) is 22.1. The number of halogens is 2. The van der Waals surface area contributed by atoms with E-state index in [0.29, 0.717) is 5.56 Å². The molecule has 33 heavy (non-hydrogen) atoms. The van der Waals surface area contributed by atoms with Crippen LogP contribution in [0.5, 0.6) is 5.75 Å². The van der Waals surface area contributed by atoms with Crippen LogP contribution in [0.1, 0.15) is 28.6 Å². The van der Waals surface area contributed by atoms with Gasteiger partial charge in [0, 0.05) is 23.6 Å². The van der Waals surface area contributed by atoms with Gasteiger partial charge >= 0.3 is 0 Å². The number of nitrogens with one attached hydrogen (secondary N) is 1. The van der Waals surface area contributed by atoms with Crippen molar-refractivity contribution < 1.29 is 23.4 Å². The Morgan fingerprint density at radius 2 is 1.88 bits per heavy atom. The smallest absolute Gasteiger partial charge is 0.262 e. The van der Waals surface area contributed by atoms with Crippen LogP contribution in [0.3, 0.4) is 0 Å². The van der Waals surface area contributed by atoms with E-state index < -0.39 is 23.6 Å². The molecule has 0 saturated heterocycles. The molecule has 0 saturated carbocycles. The standard InChI is InChI=1S/C25H23F2N3O3/c1-15-10-18(16(2)30(15)20-5-7-21(33-3)8-6-20)11-19(13-28)25(32)29-14-24(31)17-4-9-22(26)23(27)12-17/h4-12,24,31H,14H2,1-3H3,(H,29,32)/b19-11+/t24-/m0/s1. The quantitative estimate of drug-likeness (QED) is 0.418. The van der Waals surface area contributed by atoms with Crippen molar-refractivity contribution in [1.29, 1.82) is 5.26 Å². The highest BCUT2D eigenvalue weighted by atomic mass is 19.2. The Bertz CT molecular complexity index is 1240. The van der Waals surface area contributed by atoms with E-state index in [1.54, 1.807) is 7.11 Å². The van der Waals surface area contributed by atoms with Crippen molar-refractivity contribution in [2.24, 2.45) is 0 Å². The van der Waals surface area contributed by atoms with Crippen molar-refractivity contribution in [2.45, 2.75) is 20.0 Å².